The van der Waals surface area contributed by atoms with Crippen molar-refractivity contribution in [2.45, 2.75) is 6.92 Å². The van der Waals surface area contributed by atoms with E-state index >= 15 is 0 Å². The average molecular weight is 336 g/mol. The number of anilines is 1. The first kappa shape index (κ1) is 14.5. The number of imidazole rings is 1. The van der Waals surface area contributed by atoms with Crippen molar-refractivity contribution in [3.05, 3.63) is 59.8 Å². The van der Waals surface area contributed by atoms with E-state index in [0.717, 1.165) is 16.8 Å². The molecule has 0 bridgehead atoms. The highest BCUT2D eigenvalue weighted by atomic mass is 32.1. The first-order valence-electron chi connectivity index (χ1n) is 7.18. The van der Waals surface area contributed by atoms with E-state index in [4.69, 9.17) is 0 Å². The van der Waals surface area contributed by atoms with E-state index in [9.17, 15) is 4.79 Å². The molecule has 4 rings (SSSR count). The van der Waals surface area contributed by atoms with E-state index in [-0.39, 0.29) is 5.91 Å². The lowest BCUT2D eigenvalue weighted by Gasteiger charge is -2.08. The molecular weight excluding hydrogens is 324 g/mol. The molecule has 0 saturated heterocycles. The summed E-state index contributed by atoms with van der Waals surface area (Å²) in [6.45, 7) is 1.88. The number of amides is 1. The van der Waals surface area contributed by atoms with Gasteiger partial charge in [-0.05, 0) is 19.1 Å². The summed E-state index contributed by atoms with van der Waals surface area (Å²) in [7, 11) is 0. The third-order valence-electron chi connectivity index (χ3n) is 3.49. The van der Waals surface area contributed by atoms with Gasteiger partial charge in [0.15, 0.2) is 5.13 Å². The van der Waals surface area contributed by atoms with E-state index in [1.165, 1.54) is 11.3 Å². The van der Waals surface area contributed by atoms with Gasteiger partial charge in [0.1, 0.15) is 5.65 Å². The second kappa shape index (κ2) is 5.82. The van der Waals surface area contributed by atoms with Crippen LogP contribution in [0.3, 0.4) is 0 Å². The van der Waals surface area contributed by atoms with Gasteiger partial charge in [-0.25, -0.2) is 9.97 Å². The van der Waals surface area contributed by atoms with Crippen LogP contribution in [-0.2, 0) is 0 Å². The molecule has 24 heavy (non-hydrogen) atoms. The topological polar surface area (TPSA) is 85.1 Å². The minimum Gasteiger partial charge on any atom is -0.306 e. The van der Waals surface area contributed by atoms with Crippen molar-refractivity contribution < 1.29 is 4.79 Å². The van der Waals surface area contributed by atoms with Crippen LogP contribution in [0.5, 0.6) is 0 Å². The van der Waals surface area contributed by atoms with Gasteiger partial charge in [-0.15, -0.1) is 11.3 Å². The maximum Gasteiger partial charge on any atom is 0.261 e. The van der Waals surface area contributed by atoms with Crippen LogP contribution >= 0.6 is 11.3 Å². The number of pyridine rings is 1. The molecule has 4 aromatic rings. The molecule has 0 unspecified atom stereocenters. The van der Waals surface area contributed by atoms with Crippen molar-refractivity contribution in [1.29, 1.82) is 0 Å². The number of aryl methyl sites for hydroxylation is 1. The van der Waals surface area contributed by atoms with E-state index in [1.54, 1.807) is 30.9 Å². The predicted molar refractivity (Wildman–Crippen MR) is 91.0 cm³/mol. The zero-order valence-corrected chi connectivity index (χ0v) is 13.5. The van der Waals surface area contributed by atoms with Crippen molar-refractivity contribution in [3.8, 4) is 11.1 Å². The molecule has 0 radical (unpaired) electrons. The van der Waals surface area contributed by atoms with Crippen molar-refractivity contribution in [1.82, 2.24) is 24.6 Å². The smallest absolute Gasteiger partial charge is 0.261 e. The molecule has 0 atom stereocenters. The normalized spacial score (nSPS) is 10.9. The largest absolute Gasteiger partial charge is 0.306 e. The van der Waals surface area contributed by atoms with Gasteiger partial charge in [0, 0.05) is 35.1 Å². The highest BCUT2D eigenvalue weighted by molar-refractivity contribution is 7.13. The zero-order valence-electron chi connectivity index (χ0n) is 12.7. The minimum absolute atomic E-state index is 0.246. The van der Waals surface area contributed by atoms with Crippen LogP contribution in [0.2, 0.25) is 0 Å². The van der Waals surface area contributed by atoms with E-state index in [0.29, 0.717) is 16.3 Å². The number of carbonyl (C=O) groups excluding carboxylic acids is 1. The Morgan fingerprint density at radius 3 is 2.92 bits per heavy atom. The Kier molecular flexibility index (Phi) is 3.51. The van der Waals surface area contributed by atoms with Gasteiger partial charge in [0.25, 0.3) is 5.91 Å². The Morgan fingerprint density at radius 1 is 1.25 bits per heavy atom. The first-order valence-corrected chi connectivity index (χ1v) is 8.06. The number of rotatable bonds is 3. The van der Waals surface area contributed by atoms with Gasteiger partial charge < -0.3 is 4.40 Å². The molecule has 4 heterocycles. The molecule has 0 aliphatic carbocycles. The fourth-order valence-corrected chi connectivity index (χ4v) is 3.08. The second-order valence-corrected chi connectivity index (χ2v) is 6.04. The van der Waals surface area contributed by atoms with Crippen LogP contribution in [0.15, 0.2) is 48.5 Å². The number of thiazole rings is 1. The molecule has 1 N–H and O–H groups in total. The molecular formula is C16H12N6OS. The number of nitrogens with zero attached hydrogens (tertiary/aromatic N) is 5. The molecule has 0 saturated carbocycles. The third-order valence-corrected chi connectivity index (χ3v) is 4.36. The molecule has 7 nitrogen and oxygen atoms in total. The van der Waals surface area contributed by atoms with E-state index in [2.05, 4.69) is 25.5 Å². The Bertz CT molecular complexity index is 1020. The standard InChI is InChI=1S/C16H12N6OS/c1-10-9-24-16(20-10)21-15(23)13-6-12(11-2-3-18-19-7-11)8-22-5-4-17-14(13)22/h2-9H,1H3,(H,20,21,23). The summed E-state index contributed by atoms with van der Waals surface area (Å²) < 4.78 is 1.82. The fraction of sp³-hybridized carbons (Fsp3) is 0.0625. The summed E-state index contributed by atoms with van der Waals surface area (Å²) in [6, 6.07) is 3.64. The van der Waals surface area contributed by atoms with Crippen LogP contribution in [0.1, 0.15) is 16.1 Å². The second-order valence-electron chi connectivity index (χ2n) is 5.18. The van der Waals surface area contributed by atoms with Crippen molar-refractivity contribution in [3.63, 3.8) is 0 Å². The number of hydrogen-bond donors (Lipinski definition) is 1. The Balaban J connectivity index is 1.78. The SMILES string of the molecule is Cc1csc(NC(=O)c2cc(-c3ccnnc3)cn3ccnc23)n1. The first-order chi connectivity index (χ1) is 11.7. The maximum atomic E-state index is 12.7. The monoisotopic (exact) mass is 336 g/mol. The summed E-state index contributed by atoms with van der Waals surface area (Å²) >= 11 is 1.39. The van der Waals surface area contributed by atoms with Crippen molar-refractivity contribution in [2.75, 3.05) is 5.32 Å². The number of nitrogens with one attached hydrogen (secondary N) is 1. The summed E-state index contributed by atoms with van der Waals surface area (Å²) in [4.78, 5) is 21.2. The molecule has 8 heteroatoms. The summed E-state index contributed by atoms with van der Waals surface area (Å²) in [5.74, 6) is -0.246. The number of fused-ring (bicyclic) bond motifs is 1. The lowest BCUT2D eigenvalue weighted by molar-refractivity contribution is 0.102. The fourth-order valence-electron chi connectivity index (χ4n) is 2.40. The number of carbonyl (C=O) groups is 1. The summed E-state index contributed by atoms with van der Waals surface area (Å²) in [6.07, 6.45) is 8.64. The van der Waals surface area contributed by atoms with Crippen LogP contribution in [0, 0.1) is 6.92 Å². The van der Waals surface area contributed by atoms with Crippen molar-refractivity contribution >= 4 is 28.0 Å². The Morgan fingerprint density at radius 2 is 2.17 bits per heavy atom. The molecule has 4 aromatic heterocycles. The summed E-state index contributed by atoms with van der Waals surface area (Å²) in [5.41, 5.74) is 3.67. The molecule has 0 fully saturated rings. The van der Waals surface area contributed by atoms with Crippen LogP contribution in [0.4, 0.5) is 5.13 Å². The van der Waals surface area contributed by atoms with Gasteiger partial charge in [-0.3, -0.25) is 10.1 Å². The molecule has 0 aliphatic rings. The van der Waals surface area contributed by atoms with Gasteiger partial charge in [0.2, 0.25) is 0 Å². The van der Waals surface area contributed by atoms with Crippen LogP contribution in [-0.4, -0.2) is 30.5 Å². The Labute approximate surface area is 141 Å². The maximum absolute atomic E-state index is 12.7. The molecule has 0 spiro atoms. The molecule has 0 aliphatic heterocycles. The lowest BCUT2D eigenvalue weighted by atomic mass is 10.1. The summed E-state index contributed by atoms with van der Waals surface area (Å²) in [5, 5.41) is 13.0. The molecule has 118 valence electrons. The van der Waals surface area contributed by atoms with Crippen LogP contribution in [0.25, 0.3) is 16.8 Å². The zero-order chi connectivity index (χ0) is 16.5. The van der Waals surface area contributed by atoms with Gasteiger partial charge in [-0.1, -0.05) is 0 Å². The lowest BCUT2D eigenvalue weighted by Crippen LogP contribution is -2.13. The van der Waals surface area contributed by atoms with E-state index in [1.807, 2.05) is 29.0 Å². The molecule has 1 amide bonds. The van der Waals surface area contributed by atoms with Crippen LogP contribution < -0.4 is 5.32 Å². The number of hydrogen-bond acceptors (Lipinski definition) is 6. The van der Waals surface area contributed by atoms with Gasteiger partial charge in [0.05, 0.1) is 23.7 Å². The Hall–Kier alpha value is -3.13. The minimum atomic E-state index is -0.246. The number of aromatic nitrogens is 5. The highest BCUT2D eigenvalue weighted by Crippen LogP contribution is 2.23. The third kappa shape index (κ3) is 2.63. The highest BCUT2D eigenvalue weighted by Gasteiger charge is 2.15. The predicted octanol–water partition coefficient (Wildman–Crippen LogP) is 2.81. The average Bonchev–Trinajstić information content (AvgIpc) is 3.23. The van der Waals surface area contributed by atoms with E-state index < -0.39 is 0 Å². The van der Waals surface area contributed by atoms with Gasteiger partial charge >= 0.3 is 0 Å². The molecule has 0 aromatic carbocycles. The van der Waals surface area contributed by atoms with Crippen molar-refractivity contribution in [2.24, 2.45) is 0 Å². The van der Waals surface area contributed by atoms with Gasteiger partial charge in [-0.2, -0.15) is 10.2 Å². The quantitative estimate of drug-likeness (QED) is 0.622.